The van der Waals surface area contributed by atoms with Gasteiger partial charge in [-0.15, -0.1) is 0 Å². The average molecular weight is 352 g/mol. The quantitative estimate of drug-likeness (QED) is 0.650. The topological polar surface area (TPSA) is 91.3 Å². The molecule has 110 valence electrons. The summed E-state index contributed by atoms with van der Waals surface area (Å²) in [5.41, 5.74) is 6.53. The predicted octanol–water partition coefficient (Wildman–Crippen LogP) is 3.95. The largest absolute Gasteiger partial charge is 0.447 e. The van der Waals surface area contributed by atoms with E-state index >= 15 is 0 Å². The van der Waals surface area contributed by atoms with E-state index in [-0.39, 0.29) is 17.5 Å². The van der Waals surface area contributed by atoms with E-state index in [2.05, 4.69) is 20.9 Å². The molecule has 1 aromatic carbocycles. The lowest BCUT2D eigenvalue weighted by Crippen LogP contribution is -2.10. The summed E-state index contributed by atoms with van der Waals surface area (Å²) in [6.07, 6.45) is 2.29. The molecule has 1 heterocycles. The van der Waals surface area contributed by atoms with Crippen LogP contribution in [0.25, 0.3) is 0 Å². The number of halogens is 1. The fourth-order valence-electron chi connectivity index (χ4n) is 1.74. The van der Waals surface area contributed by atoms with E-state index in [0.717, 1.165) is 12.1 Å². The van der Waals surface area contributed by atoms with E-state index < -0.39 is 4.92 Å². The second kappa shape index (κ2) is 6.64. The Hall–Kier alpha value is -1.99. The second-order valence-electron chi connectivity index (χ2n) is 4.38. The highest BCUT2D eigenvalue weighted by Gasteiger charge is 2.19. The fourth-order valence-corrected chi connectivity index (χ4v) is 2.18. The maximum Gasteiger partial charge on any atom is 0.312 e. The molecule has 1 atom stereocenters. The fraction of sp³-hybridized carbons (Fsp3) is 0.214. The van der Waals surface area contributed by atoms with Crippen LogP contribution in [0, 0.1) is 10.1 Å². The van der Waals surface area contributed by atoms with Crippen molar-refractivity contribution in [1.29, 1.82) is 0 Å². The van der Waals surface area contributed by atoms with E-state index in [1.165, 1.54) is 12.3 Å². The number of hydrogen-bond donors (Lipinski definition) is 1. The molecule has 21 heavy (non-hydrogen) atoms. The summed E-state index contributed by atoms with van der Waals surface area (Å²) in [6.45, 7) is 1.97. The van der Waals surface area contributed by atoms with Crippen LogP contribution < -0.4 is 10.5 Å². The van der Waals surface area contributed by atoms with Crippen LogP contribution in [0.2, 0.25) is 0 Å². The Morgan fingerprint density at radius 1 is 1.43 bits per heavy atom. The maximum absolute atomic E-state index is 11.0. The zero-order valence-electron chi connectivity index (χ0n) is 11.3. The van der Waals surface area contributed by atoms with Crippen molar-refractivity contribution in [2.75, 3.05) is 0 Å². The second-order valence-corrected chi connectivity index (χ2v) is 5.24. The number of aromatic nitrogens is 1. The van der Waals surface area contributed by atoms with Crippen molar-refractivity contribution < 1.29 is 9.66 Å². The first-order chi connectivity index (χ1) is 10.0. The number of rotatable bonds is 5. The molecular weight excluding hydrogens is 338 g/mol. The molecular formula is C14H14BrN3O3. The third kappa shape index (κ3) is 3.56. The van der Waals surface area contributed by atoms with Crippen LogP contribution in [-0.4, -0.2) is 9.91 Å². The zero-order chi connectivity index (χ0) is 15.4. The van der Waals surface area contributed by atoms with Gasteiger partial charge in [-0.3, -0.25) is 15.1 Å². The van der Waals surface area contributed by atoms with Gasteiger partial charge in [0.2, 0.25) is 5.75 Å². The van der Waals surface area contributed by atoms with Gasteiger partial charge in [0.15, 0.2) is 0 Å². The number of nitro groups is 1. The van der Waals surface area contributed by atoms with Gasteiger partial charge in [-0.05, 0) is 40.5 Å². The summed E-state index contributed by atoms with van der Waals surface area (Å²) < 4.78 is 6.08. The Bertz CT molecular complexity index is 646. The van der Waals surface area contributed by atoms with Crippen LogP contribution in [0.1, 0.15) is 25.1 Å². The van der Waals surface area contributed by atoms with Crippen LogP contribution in [0.3, 0.4) is 0 Å². The molecule has 1 aromatic heterocycles. The molecule has 0 aliphatic heterocycles. The summed E-state index contributed by atoms with van der Waals surface area (Å²) in [6, 6.07) is 7.97. The first kappa shape index (κ1) is 15.4. The van der Waals surface area contributed by atoms with E-state index in [1.54, 1.807) is 24.3 Å². The van der Waals surface area contributed by atoms with Crippen molar-refractivity contribution in [1.82, 2.24) is 4.98 Å². The molecule has 0 aliphatic carbocycles. The smallest absolute Gasteiger partial charge is 0.312 e. The van der Waals surface area contributed by atoms with Gasteiger partial charge < -0.3 is 10.5 Å². The monoisotopic (exact) mass is 351 g/mol. The molecule has 6 nitrogen and oxygen atoms in total. The van der Waals surface area contributed by atoms with Crippen molar-refractivity contribution in [3.8, 4) is 11.5 Å². The average Bonchev–Trinajstić information content (AvgIpc) is 2.49. The highest BCUT2D eigenvalue weighted by atomic mass is 79.9. The van der Waals surface area contributed by atoms with Crippen molar-refractivity contribution in [3.63, 3.8) is 0 Å². The third-order valence-electron chi connectivity index (χ3n) is 2.94. The Morgan fingerprint density at radius 3 is 2.76 bits per heavy atom. The molecule has 0 aliphatic rings. The molecule has 0 unspecified atom stereocenters. The van der Waals surface area contributed by atoms with Crippen LogP contribution in [-0.2, 0) is 0 Å². The van der Waals surface area contributed by atoms with Crippen LogP contribution in [0.5, 0.6) is 11.5 Å². The van der Waals surface area contributed by atoms with E-state index in [9.17, 15) is 10.1 Å². The highest BCUT2D eigenvalue weighted by Crippen LogP contribution is 2.37. The molecule has 0 radical (unpaired) electrons. The lowest BCUT2D eigenvalue weighted by atomic mass is 10.1. The Kier molecular flexibility index (Phi) is 4.87. The minimum atomic E-state index is -0.491. The van der Waals surface area contributed by atoms with Gasteiger partial charge >= 0.3 is 5.69 Å². The lowest BCUT2D eigenvalue weighted by Gasteiger charge is -2.10. The SMILES string of the molecule is CC[C@H](N)c1ccc(Oc2c(Br)cccc2[N+](=O)[O-])cn1. The Labute approximate surface area is 130 Å². The summed E-state index contributed by atoms with van der Waals surface area (Å²) in [5, 5.41) is 11.0. The summed E-state index contributed by atoms with van der Waals surface area (Å²) >= 11 is 3.25. The van der Waals surface area contributed by atoms with Crippen molar-refractivity contribution >= 4 is 21.6 Å². The van der Waals surface area contributed by atoms with E-state index in [4.69, 9.17) is 10.5 Å². The number of benzene rings is 1. The van der Waals surface area contributed by atoms with Gasteiger partial charge in [0.05, 0.1) is 21.3 Å². The van der Waals surface area contributed by atoms with Crippen LogP contribution in [0.15, 0.2) is 41.0 Å². The summed E-state index contributed by atoms with van der Waals surface area (Å²) in [4.78, 5) is 14.7. The molecule has 2 aromatic rings. The first-order valence-electron chi connectivity index (χ1n) is 6.35. The Balaban J connectivity index is 2.28. The van der Waals surface area contributed by atoms with E-state index in [0.29, 0.717) is 10.2 Å². The zero-order valence-corrected chi connectivity index (χ0v) is 12.9. The minimum absolute atomic E-state index is 0.112. The van der Waals surface area contributed by atoms with Crippen molar-refractivity contribution in [3.05, 3.63) is 56.8 Å². The molecule has 0 bridgehead atoms. The van der Waals surface area contributed by atoms with E-state index in [1.807, 2.05) is 6.92 Å². The van der Waals surface area contributed by atoms with Gasteiger partial charge in [-0.1, -0.05) is 13.0 Å². The number of ether oxygens (including phenoxy) is 1. The van der Waals surface area contributed by atoms with Gasteiger partial charge in [0.1, 0.15) is 5.75 Å². The van der Waals surface area contributed by atoms with Gasteiger partial charge in [-0.2, -0.15) is 0 Å². The van der Waals surface area contributed by atoms with Gasteiger partial charge in [0.25, 0.3) is 0 Å². The van der Waals surface area contributed by atoms with Crippen molar-refractivity contribution in [2.24, 2.45) is 5.73 Å². The maximum atomic E-state index is 11.0. The molecule has 2 N–H and O–H groups in total. The summed E-state index contributed by atoms with van der Waals surface area (Å²) in [7, 11) is 0. The van der Waals surface area contributed by atoms with Crippen LogP contribution in [0.4, 0.5) is 5.69 Å². The van der Waals surface area contributed by atoms with Crippen LogP contribution >= 0.6 is 15.9 Å². The molecule has 7 heteroatoms. The molecule has 0 saturated carbocycles. The molecule has 2 rings (SSSR count). The molecule has 0 amide bonds. The van der Waals surface area contributed by atoms with Crippen molar-refractivity contribution in [2.45, 2.75) is 19.4 Å². The predicted molar refractivity (Wildman–Crippen MR) is 82.3 cm³/mol. The van der Waals surface area contributed by atoms with Gasteiger partial charge in [-0.25, -0.2) is 0 Å². The van der Waals surface area contributed by atoms with Gasteiger partial charge in [0, 0.05) is 12.1 Å². The number of nitrogens with two attached hydrogens (primary N) is 1. The first-order valence-corrected chi connectivity index (χ1v) is 7.14. The number of hydrogen-bond acceptors (Lipinski definition) is 5. The highest BCUT2D eigenvalue weighted by molar-refractivity contribution is 9.10. The number of nitrogens with zero attached hydrogens (tertiary/aromatic N) is 2. The molecule has 0 spiro atoms. The normalized spacial score (nSPS) is 12.0. The summed E-state index contributed by atoms with van der Waals surface area (Å²) in [5.74, 6) is 0.564. The number of para-hydroxylation sites is 1. The lowest BCUT2D eigenvalue weighted by molar-refractivity contribution is -0.385. The molecule has 0 fully saturated rings. The minimum Gasteiger partial charge on any atom is -0.447 e. The number of nitro benzene ring substituents is 1. The third-order valence-corrected chi connectivity index (χ3v) is 3.57. The Morgan fingerprint density at radius 2 is 2.19 bits per heavy atom. The molecule has 0 saturated heterocycles. The standard InChI is InChI=1S/C14H14BrN3O3/c1-2-11(16)12-7-6-9(8-17-12)21-14-10(15)4-3-5-13(14)18(19)20/h3-8,11H,2,16H2,1H3/t11-/m0/s1. The number of pyridine rings is 1.